The lowest BCUT2D eigenvalue weighted by Gasteiger charge is -2.01. The van der Waals surface area contributed by atoms with E-state index in [1.54, 1.807) is 0 Å². The molecule has 0 spiro atoms. The zero-order chi connectivity index (χ0) is 9.10. The maximum absolute atomic E-state index is 5.49. The molecule has 0 aliphatic rings. The number of nitrogens with two attached hydrogens (primary N) is 1. The van der Waals surface area contributed by atoms with Gasteiger partial charge in [-0.05, 0) is 37.1 Å². The molecule has 1 heterocycles. The van der Waals surface area contributed by atoms with E-state index in [1.165, 1.54) is 16.5 Å². The molecule has 2 nitrogen and oxygen atoms in total. The number of H-pyrrole nitrogens is 1. The van der Waals surface area contributed by atoms with Crippen LogP contribution in [-0.4, -0.2) is 11.5 Å². The predicted molar refractivity (Wildman–Crippen MR) is 55.7 cm³/mol. The van der Waals surface area contributed by atoms with Crippen molar-refractivity contribution in [1.82, 2.24) is 4.98 Å². The van der Waals surface area contributed by atoms with Gasteiger partial charge in [0.15, 0.2) is 0 Å². The number of aromatic nitrogens is 1. The van der Waals surface area contributed by atoms with Gasteiger partial charge in [-0.1, -0.05) is 12.1 Å². The van der Waals surface area contributed by atoms with Gasteiger partial charge >= 0.3 is 0 Å². The number of hydrogen-bond acceptors (Lipinski definition) is 1. The fourth-order valence-corrected chi connectivity index (χ4v) is 1.66. The Morgan fingerprint density at radius 1 is 1.23 bits per heavy atom. The van der Waals surface area contributed by atoms with Crippen molar-refractivity contribution in [2.24, 2.45) is 5.73 Å². The largest absolute Gasteiger partial charge is 0.361 e. The summed E-state index contributed by atoms with van der Waals surface area (Å²) in [5, 5.41) is 1.33. The van der Waals surface area contributed by atoms with Crippen molar-refractivity contribution in [3.63, 3.8) is 0 Å². The molecular weight excluding hydrogens is 160 g/mol. The summed E-state index contributed by atoms with van der Waals surface area (Å²) in [6.45, 7) is 0.765. The molecule has 0 saturated heterocycles. The zero-order valence-corrected chi connectivity index (χ0v) is 7.59. The second kappa shape index (κ2) is 3.62. The first kappa shape index (κ1) is 8.32. The van der Waals surface area contributed by atoms with E-state index in [0.717, 1.165) is 19.4 Å². The first-order chi connectivity index (χ1) is 6.42. The molecular formula is C11H14N2. The maximum atomic E-state index is 5.49. The van der Waals surface area contributed by atoms with Crippen molar-refractivity contribution in [3.05, 3.63) is 36.0 Å². The van der Waals surface area contributed by atoms with E-state index >= 15 is 0 Å². The second-order valence-electron chi connectivity index (χ2n) is 3.25. The number of rotatable bonds is 3. The van der Waals surface area contributed by atoms with Crippen LogP contribution in [0.1, 0.15) is 12.0 Å². The lowest BCUT2D eigenvalue weighted by atomic mass is 10.1. The molecule has 2 rings (SSSR count). The van der Waals surface area contributed by atoms with Gasteiger partial charge in [-0.25, -0.2) is 0 Å². The normalized spacial score (nSPS) is 10.8. The minimum absolute atomic E-state index is 0.765. The van der Waals surface area contributed by atoms with Gasteiger partial charge in [0.2, 0.25) is 0 Å². The first-order valence-electron chi connectivity index (χ1n) is 4.67. The lowest BCUT2D eigenvalue weighted by molar-refractivity contribution is 0.837. The van der Waals surface area contributed by atoms with Gasteiger partial charge in [0.1, 0.15) is 0 Å². The van der Waals surface area contributed by atoms with Crippen LogP contribution in [0, 0.1) is 0 Å². The predicted octanol–water partition coefficient (Wildman–Crippen LogP) is 2.06. The molecule has 0 amide bonds. The van der Waals surface area contributed by atoms with Gasteiger partial charge in [-0.15, -0.1) is 0 Å². The van der Waals surface area contributed by atoms with Crippen molar-refractivity contribution in [2.45, 2.75) is 12.8 Å². The van der Waals surface area contributed by atoms with Gasteiger partial charge in [0.05, 0.1) is 0 Å². The molecule has 0 atom stereocenters. The molecule has 2 aromatic rings. The fraction of sp³-hybridized carbons (Fsp3) is 0.273. The van der Waals surface area contributed by atoms with E-state index < -0.39 is 0 Å². The summed E-state index contributed by atoms with van der Waals surface area (Å²) in [5.41, 5.74) is 8.10. The number of aromatic amines is 1. The average molecular weight is 174 g/mol. The van der Waals surface area contributed by atoms with Crippen LogP contribution in [-0.2, 0) is 6.42 Å². The minimum atomic E-state index is 0.765. The molecule has 1 aromatic carbocycles. The monoisotopic (exact) mass is 174 g/mol. The number of hydrogen-bond donors (Lipinski definition) is 2. The molecule has 0 unspecified atom stereocenters. The van der Waals surface area contributed by atoms with E-state index in [-0.39, 0.29) is 0 Å². The van der Waals surface area contributed by atoms with Gasteiger partial charge in [-0.3, -0.25) is 0 Å². The molecule has 0 saturated carbocycles. The van der Waals surface area contributed by atoms with Gasteiger partial charge in [0, 0.05) is 17.1 Å². The van der Waals surface area contributed by atoms with E-state index in [9.17, 15) is 0 Å². The Morgan fingerprint density at radius 3 is 3.00 bits per heavy atom. The average Bonchev–Trinajstić information content (AvgIpc) is 2.62. The summed E-state index contributed by atoms with van der Waals surface area (Å²) >= 11 is 0. The molecule has 13 heavy (non-hydrogen) atoms. The molecule has 0 aliphatic heterocycles. The molecule has 0 bridgehead atoms. The quantitative estimate of drug-likeness (QED) is 0.734. The molecule has 68 valence electrons. The highest BCUT2D eigenvalue weighted by molar-refractivity contribution is 5.82. The molecule has 1 aromatic heterocycles. The van der Waals surface area contributed by atoms with Crippen LogP contribution in [0.15, 0.2) is 30.5 Å². The van der Waals surface area contributed by atoms with Crippen LogP contribution < -0.4 is 5.73 Å². The third-order valence-electron chi connectivity index (χ3n) is 2.34. The number of fused-ring (bicyclic) bond motifs is 1. The molecule has 0 fully saturated rings. The summed E-state index contributed by atoms with van der Waals surface area (Å²) in [6.07, 6.45) is 4.12. The Morgan fingerprint density at radius 2 is 2.15 bits per heavy atom. The first-order valence-corrected chi connectivity index (χ1v) is 4.67. The van der Waals surface area contributed by atoms with E-state index in [2.05, 4.69) is 29.2 Å². The van der Waals surface area contributed by atoms with Crippen molar-refractivity contribution >= 4 is 10.9 Å². The molecule has 2 heteroatoms. The van der Waals surface area contributed by atoms with Gasteiger partial charge in [0.25, 0.3) is 0 Å². The van der Waals surface area contributed by atoms with Crippen LogP contribution >= 0.6 is 0 Å². The smallest absolute Gasteiger partial charge is 0.0456 e. The highest BCUT2D eigenvalue weighted by Crippen LogP contribution is 2.18. The highest BCUT2D eigenvalue weighted by atomic mass is 14.7. The van der Waals surface area contributed by atoms with Gasteiger partial charge in [-0.2, -0.15) is 0 Å². The Kier molecular flexibility index (Phi) is 2.32. The summed E-state index contributed by atoms with van der Waals surface area (Å²) < 4.78 is 0. The third-order valence-corrected chi connectivity index (χ3v) is 2.34. The minimum Gasteiger partial charge on any atom is -0.361 e. The van der Waals surface area contributed by atoms with Crippen LogP contribution in [0.4, 0.5) is 0 Å². The summed E-state index contributed by atoms with van der Waals surface area (Å²) in [4.78, 5) is 3.21. The van der Waals surface area contributed by atoms with Crippen LogP contribution in [0.3, 0.4) is 0 Å². The van der Waals surface area contributed by atoms with Crippen LogP contribution in [0.2, 0.25) is 0 Å². The summed E-state index contributed by atoms with van der Waals surface area (Å²) in [5.74, 6) is 0. The third kappa shape index (κ3) is 1.58. The van der Waals surface area contributed by atoms with Crippen LogP contribution in [0.5, 0.6) is 0 Å². The molecule has 0 radical (unpaired) electrons. The SMILES string of the molecule is NCCCc1cccc2[nH]ccc12. The maximum Gasteiger partial charge on any atom is 0.0456 e. The Bertz CT molecular complexity index is 390. The Labute approximate surface area is 77.8 Å². The number of nitrogens with one attached hydrogen (secondary N) is 1. The van der Waals surface area contributed by atoms with Crippen molar-refractivity contribution < 1.29 is 0 Å². The Hall–Kier alpha value is -1.28. The number of aryl methyl sites for hydroxylation is 1. The standard InChI is InChI=1S/C11H14N2/c12-7-2-4-9-3-1-5-11-10(9)6-8-13-11/h1,3,5-6,8,13H,2,4,7,12H2. The van der Waals surface area contributed by atoms with E-state index in [0.29, 0.717) is 0 Å². The summed E-state index contributed by atoms with van der Waals surface area (Å²) in [7, 11) is 0. The fourth-order valence-electron chi connectivity index (χ4n) is 1.66. The Balaban J connectivity index is 2.37. The van der Waals surface area contributed by atoms with Crippen LogP contribution in [0.25, 0.3) is 10.9 Å². The van der Waals surface area contributed by atoms with Crippen molar-refractivity contribution in [3.8, 4) is 0 Å². The molecule has 3 N–H and O–H groups in total. The van der Waals surface area contributed by atoms with Crippen molar-refractivity contribution in [1.29, 1.82) is 0 Å². The van der Waals surface area contributed by atoms with Crippen molar-refractivity contribution in [2.75, 3.05) is 6.54 Å². The molecule has 0 aliphatic carbocycles. The lowest BCUT2D eigenvalue weighted by Crippen LogP contribution is -2.00. The number of benzene rings is 1. The van der Waals surface area contributed by atoms with E-state index in [4.69, 9.17) is 5.73 Å². The highest BCUT2D eigenvalue weighted by Gasteiger charge is 1.99. The second-order valence-corrected chi connectivity index (χ2v) is 3.25. The summed E-state index contributed by atoms with van der Waals surface area (Å²) in [6, 6.07) is 8.49. The topological polar surface area (TPSA) is 41.8 Å². The van der Waals surface area contributed by atoms with Gasteiger partial charge < -0.3 is 10.7 Å². The van der Waals surface area contributed by atoms with E-state index in [1.807, 2.05) is 6.20 Å². The zero-order valence-electron chi connectivity index (χ0n) is 7.59.